The molecular formula is C46H56N8O9S2. The van der Waals surface area contributed by atoms with Gasteiger partial charge >= 0.3 is 6.09 Å². The van der Waals surface area contributed by atoms with Gasteiger partial charge in [0.25, 0.3) is 0 Å². The normalized spacial score (nSPS) is 16.9. The minimum Gasteiger partial charge on any atom is -0.497 e. The first-order chi connectivity index (χ1) is 31.0. The van der Waals surface area contributed by atoms with Gasteiger partial charge in [0.2, 0.25) is 25.9 Å². The average molecular weight is 929 g/mol. The van der Waals surface area contributed by atoms with Crippen LogP contribution in [0, 0.1) is 0 Å². The van der Waals surface area contributed by atoms with Gasteiger partial charge < -0.3 is 29.6 Å². The van der Waals surface area contributed by atoms with Crippen molar-refractivity contribution in [2.24, 2.45) is 5.73 Å². The minimum absolute atomic E-state index is 0.00818. The zero-order chi connectivity index (χ0) is 46.5. The number of ether oxygens (including phenoxy) is 4. The molecule has 19 heteroatoms. The van der Waals surface area contributed by atoms with Crippen LogP contribution in [-0.4, -0.2) is 104 Å². The molecule has 1 aliphatic heterocycles. The van der Waals surface area contributed by atoms with Crippen LogP contribution in [0.1, 0.15) is 68.7 Å². The van der Waals surface area contributed by atoms with Gasteiger partial charge in [-0.05, 0) is 122 Å². The summed E-state index contributed by atoms with van der Waals surface area (Å²) in [6.45, 7) is 5.33. The molecule has 2 heterocycles. The van der Waals surface area contributed by atoms with Crippen LogP contribution in [0.25, 0.3) is 17.0 Å². The SMILES string of the molecule is COc1ccc(CN(Cc2ccc(OC)cc2)S(=O)(=O)c2c(S(=O)(=O)N[C@@H]3CCN(C(=O)OC(C)(C)C)C3)ccc(C3=C[C@H](N)CCC3)c2-c2nnn(Cc3ccc(OC)cc3)n2)cc1. The van der Waals surface area contributed by atoms with Gasteiger partial charge in [-0.1, -0.05) is 48.5 Å². The maximum absolute atomic E-state index is 16.0. The number of methoxy groups -OCH3 is 3. The third-order valence-corrected chi connectivity index (χ3v) is 14.7. The van der Waals surface area contributed by atoms with E-state index in [4.69, 9.17) is 29.8 Å². The van der Waals surface area contributed by atoms with E-state index in [0.717, 1.165) is 17.6 Å². The van der Waals surface area contributed by atoms with Crippen LogP contribution in [0.4, 0.5) is 4.79 Å². The van der Waals surface area contributed by atoms with Crippen LogP contribution in [0.15, 0.2) is 101 Å². The van der Waals surface area contributed by atoms with Crippen LogP contribution in [0.5, 0.6) is 17.2 Å². The number of benzene rings is 4. The van der Waals surface area contributed by atoms with Crippen molar-refractivity contribution < 1.29 is 40.6 Å². The van der Waals surface area contributed by atoms with Crippen LogP contribution in [0.3, 0.4) is 0 Å². The van der Waals surface area contributed by atoms with Crippen molar-refractivity contribution >= 4 is 31.7 Å². The van der Waals surface area contributed by atoms with Crippen LogP contribution >= 0.6 is 0 Å². The zero-order valence-corrected chi connectivity index (χ0v) is 39.1. The summed E-state index contributed by atoms with van der Waals surface area (Å²) in [5, 5.41) is 13.5. The fraction of sp³-hybridized carbons (Fsp3) is 0.391. The van der Waals surface area contributed by atoms with Crippen molar-refractivity contribution in [3.05, 3.63) is 113 Å². The van der Waals surface area contributed by atoms with E-state index in [-0.39, 0.29) is 56.6 Å². The highest BCUT2D eigenvalue weighted by Gasteiger charge is 2.40. The summed E-state index contributed by atoms with van der Waals surface area (Å²) < 4.78 is 87.6. The van der Waals surface area contributed by atoms with Gasteiger partial charge in [0.15, 0.2) is 0 Å². The fourth-order valence-electron chi connectivity index (χ4n) is 7.86. The van der Waals surface area contributed by atoms with Crippen molar-refractivity contribution in [2.45, 2.75) is 93.6 Å². The molecular weight excluding hydrogens is 873 g/mol. The van der Waals surface area contributed by atoms with E-state index in [2.05, 4.69) is 15.0 Å². The number of nitrogens with one attached hydrogen (secondary N) is 1. The lowest BCUT2D eigenvalue weighted by Gasteiger charge is -2.27. The summed E-state index contributed by atoms with van der Waals surface area (Å²) in [7, 11) is -4.89. The molecule has 1 aliphatic carbocycles. The molecule has 17 nitrogen and oxygen atoms in total. The maximum atomic E-state index is 16.0. The Balaban J connectivity index is 1.42. The number of tetrazole rings is 1. The molecule has 4 aromatic carbocycles. The molecule has 1 amide bonds. The summed E-state index contributed by atoms with van der Waals surface area (Å²) in [6, 6.07) is 23.0. The lowest BCUT2D eigenvalue weighted by atomic mass is 9.88. The van der Waals surface area contributed by atoms with Crippen molar-refractivity contribution in [1.29, 1.82) is 0 Å². The first-order valence-electron chi connectivity index (χ1n) is 21.3. The summed E-state index contributed by atoms with van der Waals surface area (Å²) in [4.78, 5) is 14.7. The molecule has 0 radical (unpaired) electrons. The largest absolute Gasteiger partial charge is 0.497 e. The van der Waals surface area contributed by atoms with Gasteiger partial charge in [-0.25, -0.2) is 26.4 Å². The first kappa shape index (κ1) is 47.1. The van der Waals surface area contributed by atoms with E-state index in [0.29, 0.717) is 46.8 Å². The Morgan fingerprint density at radius 3 is 1.92 bits per heavy atom. The highest BCUT2D eigenvalue weighted by Crippen LogP contribution is 2.42. The standard InChI is InChI=1S/C46H56N8O9S2/c1-46(2,3)63-45(55)52-25-24-36(30-52)50-64(56,57)41-23-22-40(34-8-7-9-35(47)26-34)42(44-48-51-54(49-44)29-33-14-20-39(62-6)21-15-33)43(41)65(58,59)53(27-31-10-16-37(60-4)17-11-31)28-32-12-18-38(61-5)19-13-32/h10-23,26,35-36,50H,7-9,24-25,27-30,47H2,1-6H3/t35-,36-/m1/s1. The number of likely N-dealkylation sites (tertiary alicyclic amines) is 1. The molecule has 5 aromatic rings. The summed E-state index contributed by atoms with van der Waals surface area (Å²) >= 11 is 0. The second-order valence-electron chi connectivity index (χ2n) is 17.1. The summed E-state index contributed by atoms with van der Waals surface area (Å²) in [5.41, 5.74) is 8.85. The number of hydrogen-bond donors (Lipinski definition) is 2. The Kier molecular flexibility index (Phi) is 14.3. The number of carbonyl (C=O) groups is 1. The Morgan fingerprint density at radius 1 is 0.815 bits per heavy atom. The molecule has 7 rings (SSSR count). The number of sulfonamides is 2. The van der Waals surface area contributed by atoms with Gasteiger partial charge in [-0.2, -0.15) is 9.10 Å². The Labute approximate surface area is 380 Å². The van der Waals surface area contributed by atoms with Crippen LogP contribution < -0.4 is 24.7 Å². The van der Waals surface area contributed by atoms with Crippen LogP contribution in [-0.2, 0) is 44.4 Å². The highest BCUT2D eigenvalue weighted by atomic mass is 32.2. The second kappa shape index (κ2) is 19.7. The molecule has 0 spiro atoms. The van der Waals surface area contributed by atoms with Crippen molar-refractivity contribution in [2.75, 3.05) is 34.4 Å². The average Bonchev–Trinajstić information content (AvgIpc) is 3.95. The lowest BCUT2D eigenvalue weighted by molar-refractivity contribution is 0.0292. The number of nitrogens with zero attached hydrogens (tertiary/aromatic N) is 6. The highest BCUT2D eigenvalue weighted by molar-refractivity contribution is 7.92. The molecule has 0 unspecified atom stereocenters. The summed E-state index contributed by atoms with van der Waals surface area (Å²) in [5.74, 6) is 1.71. The van der Waals surface area contributed by atoms with Gasteiger partial charge in [-0.3, -0.25) is 0 Å². The van der Waals surface area contributed by atoms with E-state index in [1.807, 2.05) is 18.2 Å². The van der Waals surface area contributed by atoms with Gasteiger partial charge in [0.1, 0.15) is 32.6 Å². The topological polar surface area (TPSA) is 210 Å². The van der Waals surface area contributed by atoms with Gasteiger partial charge in [0.05, 0.1) is 33.4 Å². The zero-order valence-electron chi connectivity index (χ0n) is 37.4. The Hall–Kier alpha value is -5.86. The van der Waals surface area contributed by atoms with Gasteiger partial charge in [0, 0.05) is 38.3 Å². The molecule has 1 aromatic heterocycles. The van der Waals surface area contributed by atoms with E-state index in [1.165, 1.54) is 34.3 Å². The third-order valence-electron chi connectivity index (χ3n) is 11.1. The second-order valence-corrected chi connectivity index (χ2v) is 20.6. The van der Waals surface area contributed by atoms with Gasteiger partial charge in [-0.15, -0.1) is 10.2 Å². The molecule has 0 saturated carbocycles. The Morgan fingerprint density at radius 2 is 1.38 bits per heavy atom. The number of amides is 1. The number of carbonyl (C=O) groups excluding carboxylic acids is 1. The predicted octanol–water partition coefficient (Wildman–Crippen LogP) is 5.99. The molecule has 3 N–H and O–H groups in total. The first-order valence-corrected chi connectivity index (χ1v) is 24.2. The van der Waals surface area contributed by atoms with Crippen molar-refractivity contribution in [1.82, 2.24) is 34.1 Å². The molecule has 0 bridgehead atoms. The predicted molar refractivity (Wildman–Crippen MR) is 244 cm³/mol. The minimum atomic E-state index is -4.85. The van der Waals surface area contributed by atoms with E-state index in [1.54, 1.807) is 94.6 Å². The van der Waals surface area contributed by atoms with E-state index in [9.17, 15) is 4.79 Å². The fourth-order valence-corrected chi connectivity index (χ4v) is 11.5. The molecule has 1 fully saturated rings. The third kappa shape index (κ3) is 11.3. The van der Waals surface area contributed by atoms with E-state index >= 15 is 16.8 Å². The molecule has 65 heavy (non-hydrogen) atoms. The monoisotopic (exact) mass is 928 g/mol. The smallest absolute Gasteiger partial charge is 0.410 e. The molecule has 1 saturated heterocycles. The number of nitrogens with two attached hydrogens (primary N) is 1. The van der Waals surface area contributed by atoms with Crippen LogP contribution in [0.2, 0.25) is 0 Å². The quantitative estimate of drug-likeness (QED) is 0.117. The molecule has 2 atom stereocenters. The Bertz CT molecular complexity index is 2670. The molecule has 2 aliphatic rings. The lowest BCUT2D eigenvalue weighted by Crippen LogP contribution is -2.41. The number of aromatic nitrogens is 4. The number of rotatable bonds is 16. The maximum Gasteiger partial charge on any atom is 0.410 e. The van der Waals surface area contributed by atoms with Crippen molar-refractivity contribution in [3.8, 4) is 28.6 Å². The number of hydrogen-bond acceptors (Lipinski definition) is 13. The van der Waals surface area contributed by atoms with Crippen molar-refractivity contribution in [3.63, 3.8) is 0 Å². The number of allylic oxidation sites excluding steroid dienone is 1. The summed E-state index contributed by atoms with van der Waals surface area (Å²) in [6.07, 6.45) is 3.53. The molecule has 346 valence electrons. The van der Waals surface area contributed by atoms with E-state index < -0.39 is 47.6 Å².